The molecular formula is C18H12F8N4O. The number of benzene rings is 1. The molecule has 166 valence electrons. The van der Waals surface area contributed by atoms with Crippen LogP contribution in [0.4, 0.5) is 40.9 Å². The Bertz CT molecular complexity index is 1050. The first-order valence-corrected chi connectivity index (χ1v) is 8.37. The highest BCUT2D eigenvalue weighted by atomic mass is 19.4. The van der Waals surface area contributed by atoms with Crippen LogP contribution in [0.1, 0.15) is 17.0 Å². The molecule has 0 saturated heterocycles. The van der Waals surface area contributed by atoms with Gasteiger partial charge < -0.3 is 10.1 Å². The summed E-state index contributed by atoms with van der Waals surface area (Å²) >= 11 is 0. The molecule has 0 saturated carbocycles. The van der Waals surface area contributed by atoms with Gasteiger partial charge in [0.15, 0.2) is 5.69 Å². The lowest BCUT2D eigenvalue weighted by molar-refractivity contribution is -0.143. The summed E-state index contributed by atoms with van der Waals surface area (Å²) in [5.41, 5.74) is -4.08. The van der Waals surface area contributed by atoms with Crippen molar-refractivity contribution in [2.75, 3.05) is 12.4 Å². The summed E-state index contributed by atoms with van der Waals surface area (Å²) in [5.74, 6) is -1.81. The second-order valence-electron chi connectivity index (χ2n) is 6.15. The molecular weight excluding hydrogens is 440 g/mol. The SMILES string of the molecule is COc1cc(F)c(CNc2ccc(-n3nc(C(F)(F)F)cc3C(F)(F)F)cn2)c(F)c1. The minimum atomic E-state index is -5.10. The van der Waals surface area contributed by atoms with Gasteiger partial charge in [0.1, 0.15) is 28.9 Å². The van der Waals surface area contributed by atoms with Gasteiger partial charge in [-0.15, -0.1) is 0 Å². The highest BCUT2D eigenvalue weighted by molar-refractivity contribution is 5.43. The van der Waals surface area contributed by atoms with Crippen LogP contribution in [0.5, 0.6) is 5.75 Å². The van der Waals surface area contributed by atoms with E-state index in [9.17, 15) is 35.1 Å². The number of alkyl halides is 6. The van der Waals surface area contributed by atoms with Crippen molar-refractivity contribution in [2.45, 2.75) is 18.9 Å². The molecule has 0 spiro atoms. The Hall–Kier alpha value is -3.38. The number of anilines is 1. The maximum absolute atomic E-state index is 14.0. The third-order valence-electron chi connectivity index (χ3n) is 4.08. The fraction of sp³-hybridized carbons (Fsp3) is 0.222. The molecule has 0 fully saturated rings. The van der Waals surface area contributed by atoms with E-state index in [2.05, 4.69) is 15.4 Å². The monoisotopic (exact) mass is 452 g/mol. The first-order chi connectivity index (χ1) is 14.4. The van der Waals surface area contributed by atoms with E-state index in [1.165, 1.54) is 7.11 Å². The number of hydrogen-bond donors (Lipinski definition) is 1. The zero-order valence-corrected chi connectivity index (χ0v) is 15.4. The van der Waals surface area contributed by atoms with Gasteiger partial charge >= 0.3 is 12.4 Å². The van der Waals surface area contributed by atoms with E-state index in [0.29, 0.717) is 0 Å². The van der Waals surface area contributed by atoms with Crippen molar-refractivity contribution in [2.24, 2.45) is 0 Å². The zero-order chi connectivity index (χ0) is 23.0. The molecule has 0 unspecified atom stereocenters. The molecule has 0 aliphatic carbocycles. The van der Waals surface area contributed by atoms with Gasteiger partial charge in [-0.05, 0) is 12.1 Å². The number of aromatic nitrogens is 3. The van der Waals surface area contributed by atoms with Crippen molar-refractivity contribution < 1.29 is 39.9 Å². The van der Waals surface area contributed by atoms with Crippen molar-refractivity contribution in [3.63, 3.8) is 0 Å². The molecule has 5 nitrogen and oxygen atoms in total. The van der Waals surface area contributed by atoms with Gasteiger partial charge in [-0.2, -0.15) is 31.4 Å². The molecule has 2 heterocycles. The summed E-state index contributed by atoms with van der Waals surface area (Å²) in [6.07, 6.45) is -9.34. The quantitative estimate of drug-likeness (QED) is 0.541. The molecule has 0 radical (unpaired) electrons. The lowest BCUT2D eigenvalue weighted by Crippen LogP contribution is -2.13. The second kappa shape index (κ2) is 8.04. The minimum Gasteiger partial charge on any atom is -0.497 e. The van der Waals surface area contributed by atoms with Crippen molar-refractivity contribution in [3.05, 3.63) is 65.1 Å². The average molecular weight is 452 g/mol. The first-order valence-electron chi connectivity index (χ1n) is 8.37. The Labute approximate surface area is 169 Å². The van der Waals surface area contributed by atoms with Crippen LogP contribution in [0.2, 0.25) is 0 Å². The molecule has 1 N–H and O–H groups in total. The molecule has 0 atom stereocenters. The highest BCUT2D eigenvalue weighted by Gasteiger charge is 2.42. The van der Waals surface area contributed by atoms with Crippen LogP contribution in [-0.2, 0) is 18.9 Å². The van der Waals surface area contributed by atoms with E-state index >= 15 is 0 Å². The van der Waals surface area contributed by atoms with Gasteiger partial charge in [-0.25, -0.2) is 18.4 Å². The van der Waals surface area contributed by atoms with Crippen LogP contribution < -0.4 is 10.1 Å². The standard InChI is InChI=1S/C18H12F8N4O/c1-31-10-4-12(19)11(13(20)5-10)8-28-16-3-2-9(7-27-16)30-15(18(24,25)26)6-14(29-30)17(21,22)23/h2-7H,8H2,1H3,(H,27,28). The summed E-state index contributed by atoms with van der Waals surface area (Å²) < 4.78 is 110. The smallest absolute Gasteiger partial charge is 0.435 e. The van der Waals surface area contributed by atoms with E-state index in [0.717, 1.165) is 30.5 Å². The number of methoxy groups -OCH3 is 1. The van der Waals surface area contributed by atoms with Crippen LogP contribution >= 0.6 is 0 Å². The molecule has 0 amide bonds. The van der Waals surface area contributed by atoms with E-state index < -0.39 is 41.1 Å². The predicted octanol–water partition coefficient (Wildman–Crippen LogP) is 5.20. The third kappa shape index (κ3) is 4.86. The van der Waals surface area contributed by atoms with Gasteiger partial charge in [-0.1, -0.05) is 0 Å². The summed E-state index contributed by atoms with van der Waals surface area (Å²) in [7, 11) is 1.24. The number of ether oxygens (including phenoxy) is 1. The van der Waals surface area contributed by atoms with Gasteiger partial charge in [0.25, 0.3) is 0 Å². The number of nitrogens with one attached hydrogen (secondary N) is 1. The summed E-state index contributed by atoms with van der Waals surface area (Å²) in [6, 6.07) is 3.97. The van der Waals surface area contributed by atoms with E-state index in [1.54, 1.807) is 0 Å². The van der Waals surface area contributed by atoms with Crippen molar-refractivity contribution in [1.82, 2.24) is 14.8 Å². The Morgan fingerprint density at radius 3 is 2.10 bits per heavy atom. The molecule has 3 rings (SSSR count). The van der Waals surface area contributed by atoms with Gasteiger partial charge in [-0.3, -0.25) is 0 Å². The first kappa shape index (κ1) is 22.3. The molecule has 0 aliphatic rings. The lowest BCUT2D eigenvalue weighted by atomic mass is 10.2. The Balaban J connectivity index is 1.84. The molecule has 31 heavy (non-hydrogen) atoms. The van der Waals surface area contributed by atoms with Crippen LogP contribution in [0.25, 0.3) is 5.69 Å². The summed E-state index contributed by atoms with van der Waals surface area (Å²) in [6.45, 7) is -0.359. The fourth-order valence-electron chi connectivity index (χ4n) is 2.58. The Morgan fingerprint density at radius 1 is 0.968 bits per heavy atom. The molecule has 0 bridgehead atoms. The number of pyridine rings is 1. The van der Waals surface area contributed by atoms with E-state index in [-0.39, 0.29) is 34.4 Å². The van der Waals surface area contributed by atoms with Gasteiger partial charge in [0, 0.05) is 30.3 Å². The predicted molar refractivity (Wildman–Crippen MR) is 91.6 cm³/mol. The fourth-order valence-corrected chi connectivity index (χ4v) is 2.58. The number of halogens is 8. The van der Waals surface area contributed by atoms with Crippen LogP contribution in [0.15, 0.2) is 36.5 Å². The van der Waals surface area contributed by atoms with Gasteiger partial charge in [0.05, 0.1) is 19.0 Å². The number of rotatable bonds is 5. The molecule has 1 aromatic carbocycles. The van der Waals surface area contributed by atoms with E-state index in [1.807, 2.05) is 0 Å². The van der Waals surface area contributed by atoms with Crippen LogP contribution in [-0.4, -0.2) is 21.9 Å². The highest BCUT2D eigenvalue weighted by Crippen LogP contribution is 2.36. The molecule has 2 aromatic heterocycles. The maximum atomic E-state index is 14.0. The largest absolute Gasteiger partial charge is 0.497 e. The topological polar surface area (TPSA) is 52.0 Å². The molecule has 3 aromatic rings. The Morgan fingerprint density at radius 2 is 1.61 bits per heavy atom. The zero-order valence-electron chi connectivity index (χ0n) is 15.4. The number of nitrogens with zero attached hydrogens (tertiary/aromatic N) is 3. The normalized spacial score (nSPS) is 12.2. The summed E-state index contributed by atoms with van der Waals surface area (Å²) in [5, 5.41) is 5.55. The molecule has 0 aliphatic heterocycles. The second-order valence-corrected chi connectivity index (χ2v) is 6.15. The average Bonchev–Trinajstić information content (AvgIpc) is 3.14. The maximum Gasteiger partial charge on any atom is 0.435 e. The van der Waals surface area contributed by atoms with Gasteiger partial charge in [0.2, 0.25) is 0 Å². The lowest BCUT2D eigenvalue weighted by Gasteiger charge is -2.12. The number of hydrogen-bond acceptors (Lipinski definition) is 4. The Kier molecular flexibility index (Phi) is 5.79. The van der Waals surface area contributed by atoms with E-state index in [4.69, 9.17) is 4.74 Å². The van der Waals surface area contributed by atoms with Crippen molar-refractivity contribution in [3.8, 4) is 11.4 Å². The minimum absolute atomic E-state index is 0.00938. The van der Waals surface area contributed by atoms with Crippen molar-refractivity contribution in [1.29, 1.82) is 0 Å². The summed E-state index contributed by atoms with van der Waals surface area (Å²) in [4.78, 5) is 3.77. The van der Waals surface area contributed by atoms with Crippen LogP contribution in [0, 0.1) is 11.6 Å². The third-order valence-corrected chi connectivity index (χ3v) is 4.08. The van der Waals surface area contributed by atoms with Crippen molar-refractivity contribution >= 4 is 5.82 Å². The molecule has 13 heteroatoms. The van der Waals surface area contributed by atoms with Crippen LogP contribution in [0.3, 0.4) is 0 Å².